The number of rotatable bonds is 12. The molecule has 0 radical (unpaired) electrons. The largest absolute Gasteiger partial charge is 0.456 e. The van der Waals surface area contributed by atoms with Gasteiger partial charge < -0.3 is 38.7 Å². The highest BCUT2D eigenvalue weighted by Crippen LogP contribution is 2.49. The van der Waals surface area contributed by atoms with Crippen molar-refractivity contribution in [2.45, 2.75) is 19.4 Å². The SMILES string of the molecule is CCOCCN(C)CC(=O)N[C@@H]1CCN(c2c(F)cc3c(=O)c(C(=O)NCCN4CCOCC4)cn4c3c2Oc2cc3c(cc2-4)oc2ccccc23)C1. The van der Waals surface area contributed by atoms with E-state index in [1.807, 2.05) is 60.2 Å². The summed E-state index contributed by atoms with van der Waals surface area (Å²) in [7, 11) is 1.87. The van der Waals surface area contributed by atoms with Crippen molar-refractivity contribution in [2.75, 3.05) is 90.7 Å². The van der Waals surface area contributed by atoms with E-state index in [0.29, 0.717) is 93.7 Å². The van der Waals surface area contributed by atoms with Crippen molar-refractivity contribution in [2.24, 2.45) is 0 Å². The zero-order chi connectivity index (χ0) is 36.6. The number of morpholine rings is 1. The summed E-state index contributed by atoms with van der Waals surface area (Å²) in [6, 6.07) is 12.3. The standard InChI is InChI=1S/C39H43FN6O7/c1-3-50-15-12-43(2)23-34(47)42-24-8-10-45(21-24)36-29(40)18-27-35-38(36)53-33-19-26-25-6-4-5-7-31(25)52-32(26)20-30(33)46(35)22-28(37(27)48)39(49)41-9-11-44-13-16-51-17-14-44/h4-7,18-20,22,24H,3,8-17,21,23H2,1-2H3,(H,41,49)(H,42,47)/t24-/m1/s1. The Morgan fingerprint density at radius 3 is 2.72 bits per heavy atom. The Morgan fingerprint density at radius 1 is 1.06 bits per heavy atom. The van der Waals surface area contributed by atoms with Crippen LogP contribution in [0.1, 0.15) is 23.7 Å². The normalized spacial score (nSPS) is 17.1. The summed E-state index contributed by atoms with van der Waals surface area (Å²) in [4.78, 5) is 46.5. The molecule has 14 heteroatoms. The fourth-order valence-electron chi connectivity index (χ4n) is 7.57. The molecule has 3 aliphatic rings. The number of nitrogens with one attached hydrogen (secondary N) is 2. The van der Waals surface area contributed by atoms with Gasteiger partial charge in [-0.2, -0.15) is 0 Å². The second-order valence-electron chi connectivity index (χ2n) is 13.8. The van der Waals surface area contributed by atoms with Gasteiger partial charge in [-0.3, -0.25) is 24.2 Å². The Bertz CT molecular complexity index is 2260. The maximum atomic E-state index is 16.5. The van der Waals surface area contributed by atoms with E-state index in [0.717, 1.165) is 23.9 Å². The molecule has 2 saturated heterocycles. The predicted molar refractivity (Wildman–Crippen MR) is 199 cm³/mol. The number of likely N-dealkylation sites (N-methyl/N-ethyl adjacent to an activating group) is 1. The van der Waals surface area contributed by atoms with Crippen LogP contribution in [0.25, 0.3) is 38.5 Å². The summed E-state index contributed by atoms with van der Waals surface area (Å²) in [5, 5.41) is 7.72. The second-order valence-corrected chi connectivity index (χ2v) is 13.8. The number of para-hydroxylation sites is 1. The maximum Gasteiger partial charge on any atom is 0.256 e. The van der Waals surface area contributed by atoms with Crippen LogP contribution in [0.15, 0.2) is 57.9 Å². The molecular weight excluding hydrogens is 683 g/mol. The lowest BCUT2D eigenvalue weighted by molar-refractivity contribution is -0.122. The first-order valence-corrected chi connectivity index (χ1v) is 18.2. The van der Waals surface area contributed by atoms with Gasteiger partial charge in [0.1, 0.15) is 27.9 Å². The highest BCUT2D eigenvalue weighted by molar-refractivity contribution is 6.07. The number of benzene rings is 3. The van der Waals surface area contributed by atoms with Gasteiger partial charge in [0.15, 0.2) is 17.3 Å². The van der Waals surface area contributed by atoms with E-state index in [4.69, 9.17) is 18.6 Å². The number of carbonyl (C=O) groups excluding carboxylic acids is 2. The van der Waals surface area contributed by atoms with Crippen LogP contribution in [0.5, 0.6) is 11.5 Å². The van der Waals surface area contributed by atoms with Crippen molar-refractivity contribution < 1.29 is 32.6 Å². The van der Waals surface area contributed by atoms with Gasteiger partial charge in [0.05, 0.1) is 37.4 Å². The van der Waals surface area contributed by atoms with Crippen molar-refractivity contribution in [3.05, 3.63) is 70.3 Å². The Balaban J connectivity index is 1.15. The number of furan rings is 1. The minimum absolute atomic E-state index is 0.0246. The lowest BCUT2D eigenvalue weighted by Crippen LogP contribution is -2.43. The quantitative estimate of drug-likeness (QED) is 0.180. The smallest absolute Gasteiger partial charge is 0.256 e. The summed E-state index contributed by atoms with van der Waals surface area (Å²) in [6.45, 7) is 8.50. The Kier molecular flexibility index (Phi) is 9.77. The van der Waals surface area contributed by atoms with Crippen molar-refractivity contribution in [3.8, 4) is 17.2 Å². The van der Waals surface area contributed by atoms with E-state index < -0.39 is 17.2 Å². The zero-order valence-electron chi connectivity index (χ0n) is 29.9. The molecule has 53 heavy (non-hydrogen) atoms. The number of ether oxygens (including phenoxy) is 3. The molecule has 5 heterocycles. The van der Waals surface area contributed by atoms with Crippen LogP contribution in [0.2, 0.25) is 0 Å². The number of pyridine rings is 1. The van der Waals surface area contributed by atoms with Crippen LogP contribution in [0, 0.1) is 5.82 Å². The third kappa shape index (κ3) is 6.83. The van der Waals surface area contributed by atoms with Gasteiger partial charge in [0.25, 0.3) is 5.91 Å². The minimum Gasteiger partial charge on any atom is -0.456 e. The predicted octanol–water partition coefficient (Wildman–Crippen LogP) is 3.86. The number of carbonyl (C=O) groups is 2. The number of amides is 2. The monoisotopic (exact) mass is 726 g/mol. The maximum absolute atomic E-state index is 16.5. The molecule has 2 amide bonds. The van der Waals surface area contributed by atoms with Gasteiger partial charge in [0.2, 0.25) is 11.3 Å². The fourth-order valence-corrected chi connectivity index (χ4v) is 7.57. The van der Waals surface area contributed by atoms with E-state index in [-0.39, 0.29) is 40.9 Å². The lowest BCUT2D eigenvalue weighted by atomic mass is 10.0. The van der Waals surface area contributed by atoms with Crippen LogP contribution in [-0.4, -0.2) is 118 Å². The van der Waals surface area contributed by atoms with Gasteiger partial charge in [-0.1, -0.05) is 18.2 Å². The highest BCUT2D eigenvalue weighted by Gasteiger charge is 2.34. The number of nitrogens with zero attached hydrogens (tertiary/aromatic N) is 4. The summed E-state index contributed by atoms with van der Waals surface area (Å²) < 4.78 is 41.8. The summed E-state index contributed by atoms with van der Waals surface area (Å²) >= 11 is 0. The molecule has 1 atom stereocenters. The van der Waals surface area contributed by atoms with Crippen molar-refractivity contribution >= 4 is 50.3 Å². The third-order valence-electron chi connectivity index (χ3n) is 10.3. The van der Waals surface area contributed by atoms with Gasteiger partial charge in [-0.05, 0) is 38.6 Å². The first kappa shape index (κ1) is 35.0. The molecule has 0 spiro atoms. The molecule has 13 nitrogen and oxygen atoms in total. The Hall–Kier alpha value is -5.02. The molecule has 0 bridgehead atoms. The molecule has 2 aromatic heterocycles. The highest BCUT2D eigenvalue weighted by atomic mass is 19.1. The first-order chi connectivity index (χ1) is 25.8. The Morgan fingerprint density at radius 2 is 1.89 bits per heavy atom. The second kappa shape index (κ2) is 14.8. The van der Waals surface area contributed by atoms with Crippen LogP contribution in [0.4, 0.5) is 10.1 Å². The molecule has 278 valence electrons. The fraction of sp³-hybridized carbons (Fsp3) is 0.410. The van der Waals surface area contributed by atoms with Crippen molar-refractivity contribution in [3.63, 3.8) is 0 Å². The minimum atomic E-state index is -0.651. The number of aromatic nitrogens is 1. The molecule has 2 N–H and O–H groups in total. The van der Waals surface area contributed by atoms with Crippen LogP contribution < -0.4 is 25.7 Å². The Labute approximate surface area is 305 Å². The van der Waals surface area contributed by atoms with Crippen LogP contribution >= 0.6 is 0 Å². The average molecular weight is 727 g/mol. The van der Waals surface area contributed by atoms with E-state index >= 15 is 4.39 Å². The van der Waals surface area contributed by atoms with Crippen molar-refractivity contribution in [1.29, 1.82) is 0 Å². The number of hydrogen-bond acceptors (Lipinski definition) is 10. The molecular formula is C39H43FN6O7. The summed E-state index contributed by atoms with van der Waals surface area (Å²) in [5.74, 6) is -0.714. The van der Waals surface area contributed by atoms with E-state index in [1.165, 1.54) is 12.3 Å². The van der Waals surface area contributed by atoms with Gasteiger partial charge in [-0.25, -0.2) is 4.39 Å². The third-order valence-corrected chi connectivity index (χ3v) is 10.3. The van der Waals surface area contributed by atoms with Crippen molar-refractivity contribution in [1.82, 2.24) is 25.0 Å². The van der Waals surface area contributed by atoms with E-state index in [1.54, 1.807) is 4.57 Å². The number of hydrogen-bond donors (Lipinski definition) is 2. The van der Waals surface area contributed by atoms with Gasteiger partial charge >= 0.3 is 0 Å². The van der Waals surface area contributed by atoms with Crippen LogP contribution in [0.3, 0.4) is 0 Å². The number of anilines is 1. The van der Waals surface area contributed by atoms with Gasteiger partial charge in [-0.15, -0.1) is 0 Å². The summed E-state index contributed by atoms with van der Waals surface area (Å²) in [5.41, 5.74) is 1.70. The van der Waals surface area contributed by atoms with Crippen LogP contribution in [-0.2, 0) is 14.3 Å². The van der Waals surface area contributed by atoms with Gasteiger partial charge in [0, 0.05) is 81.5 Å². The molecule has 3 aliphatic heterocycles. The number of halogens is 1. The molecule has 8 rings (SSSR count). The molecule has 0 aliphatic carbocycles. The van der Waals surface area contributed by atoms with E-state index in [2.05, 4.69) is 15.5 Å². The molecule has 5 aromatic rings. The number of fused-ring (bicyclic) bond motifs is 5. The average Bonchev–Trinajstić information content (AvgIpc) is 3.76. The molecule has 2 fully saturated rings. The molecule has 3 aromatic carbocycles. The first-order valence-electron chi connectivity index (χ1n) is 18.2. The topological polar surface area (TPSA) is 131 Å². The molecule has 0 unspecified atom stereocenters. The zero-order valence-corrected chi connectivity index (χ0v) is 29.9. The molecule has 0 saturated carbocycles. The van der Waals surface area contributed by atoms with E-state index in [9.17, 15) is 14.4 Å². The lowest BCUT2D eigenvalue weighted by Gasteiger charge is -2.29. The summed E-state index contributed by atoms with van der Waals surface area (Å²) in [6.07, 6.45) is 2.12.